The van der Waals surface area contributed by atoms with Crippen LogP contribution in [0, 0.1) is 6.92 Å². The molecular weight excluding hydrogens is 332 g/mol. The van der Waals surface area contributed by atoms with Crippen LogP contribution >= 0.6 is 0 Å². The maximum absolute atomic E-state index is 12.1. The smallest absolute Gasteiger partial charge is 0.277 e. The van der Waals surface area contributed by atoms with Crippen molar-refractivity contribution in [3.8, 4) is 5.75 Å². The molecule has 0 saturated carbocycles. The molecule has 8 heteroatoms. The number of H-pyrrole nitrogens is 1. The highest BCUT2D eigenvalue weighted by atomic mass is 16.5. The Labute approximate surface area is 150 Å². The minimum atomic E-state index is -0.323. The molecule has 0 bridgehead atoms. The third kappa shape index (κ3) is 3.50. The predicted molar refractivity (Wildman–Crippen MR) is 98.9 cm³/mol. The number of anilines is 2. The van der Waals surface area contributed by atoms with Crippen LogP contribution in [0.25, 0.3) is 10.9 Å². The van der Waals surface area contributed by atoms with E-state index in [4.69, 9.17) is 4.74 Å². The average Bonchev–Trinajstić information content (AvgIpc) is 2.64. The first-order chi connectivity index (χ1) is 12.7. The Morgan fingerprint density at radius 1 is 1.15 bits per heavy atom. The van der Waals surface area contributed by atoms with E-state index in [-0.39, 0.29) is 11.7 Å². The van der Waals surface area contributed by atoms with Crippen molar-refractivity contribution in [2.75, 3.05) is 18.4 Å². The number of hydrogen-bond donors (Lipinski definition) is 3. The van der Waals surface area contributed by atoms with Gasteiger partial charge in [-0.1, -0.05) is 0 Å². The van der Waals surface area contributed by atoms with E-state index in [2.05, 4.69) is 30.8 Å². The molecule has 0 unspecified atom stereocenters. The molecule has 0 spiro atoms. The van der Waals surface area contributed by atoms with Crippen LogP contribution in [-0.2, 0) is 0 Å². The second-order valence-electron chi connectivity index (χ2n) is 6.30. The van der Waals surface area contributed by atoms with Gasteiger partial charge in [-0.3, -0.25) is 4.79 Å². The molecule has 3 aromatic rings. The highest BCUT2D eigenvalue weighted by Crippen LogP contribution is 2.24. The number of aromatic amines is 1. The fourth-order valence-electron chi connectivity index (χ4n) is 3.07. The predicted octanol–water partition coefficient (Wildman–Crippen LogP) is 1.90. The highest BCUT2D eigenvalue weighted by Gasteiger charge is 2.14. The van der Waals surface area contributed by atoms with E-state index in [0.717, 1.165) is 37.4 Å². The minimum Gasteiger partial charge on any atom is -0.490 e. The molecule has 0 aliphatic carbocycles. The van der Waals surface area contributed by atoms with Gasteiger partial charge in [0.05, 0.1) is 6.20 Å². The molecule has 1 saturated heterocycles. The zero-order valence-corrected chi connectivity index (χ0v) is 14.5. The van der Waals surface area contributed by atoms with E-state index in [1.165, 1.54) is 6.20 Å². The molecule has 4 rings (SSSR count). The average molecular weight is 352 g/mol. The second-order valence-corrected chi connectivity index (χ2v) is 6.30. The Morgan fingerprint density at radius 3 is 2.69 bits per heavy atom. The lowest BCUT2D eigenvalue weighted by atomic mass is 10.1. The zero-order valence-electron chi connectivity index (χ0n) is 14.5. The molecule has 1 aliphatic heterocycles. The van der Waals surface area contributed by atoms with Gasteiger partial charge in [0.25, 0.3) is 5.56 Å². The largest absolute Gasteiger partial charge is 0.490 e. The summed E-state index contributed by atoms with van der Waals surface area (Å²) in [7, 11) is 0. The zero-order chi connectivity index (χ0) is 17.9. The summed E-state index contributed by atoms with van der Waals surface area (Å²) in [5.74, 6) is 1.87. The van der Waals surface area contributed by atoms with Gasteiger partial charge in [0, 0.05) is 5.69 Å². The van der Waals surface area contributed by atoms with Crippen LogP contribution < -0.4 is 20.9 Å². The molecule has 0 atom stereocenters. The number of hydrogen-bond acceptors (Lipinski definition) is 7. The van der Waals surface area contributed by atoms with Gasteiger partial charge in [-0.15, -0.1) is 0 Å². The molecular formula is C18H20N6O2. The summed E-state index contributed by atoms with van der Waals surface area (Å²) in [6, 6.07) is 7.67. The van der Waals surface area contributed by atoms with Crippen molar-refractivity contribution in [1.29, 1.82) is 0 Å². The van der Waals surface area contributed by atoms with E-state index in [1.807, 2.05) is 24.3 Å². The van der Waals surface area contributed by atoms with Crippen molar-refractivity contribution in [2.45, 2.75) is 25.9 Å². The molecule has 0 amide bonds. The summed E-state index contributed by atoms with van der Waals surface area (Å²) < 4.78 is 6.01. The maximum atomic E-state index is 12.1. The number of piperidine rings is 1. The van der Waals surface area contributed by atoms with E-state index in [9.17, 15) is 4.79 Å². The molecule has 1 aromatic carbocycles. The summed E-state index contributed by atoms with van der Waals surface area (Å²) in [5.41, 5.74) is 1.00. The molecule has 26 heavy (non-hydrogen) atoms. The Morgan fingerprint density at radius 2 is 1.92 bits per heavy atom. The Hall–Kier alpha value is -3.00. The van der Waals surface area contributed by atoms with Gasteiger partial charge in [-0.25, -0.2) is 15.1 Å². The molecule has 0 radical (unpaired) electrons. The lowest BCUT2D eigenvalue weighted by Gasteiger charge is -2.23. The summed E-state index contributed by atoms with van der Waals surface area (Å²) in [6.45, 7) is 3.77. The van der Waals surface area contributed by atoms with Gasteiger partial charge < -0.3 is 15.4 Å². The summed E-state index contributed by atoms with van der Waals surface area (Å²) in [4.78, 5) is 20.7. The fraction of sp³-hybridized carbons (Fsp3) is 0.333. The Balaban J connectivity index is 1.56. The lowest BCUT2D eigenvalue weighted by Crippen LogP contribution is -2.34. The van der Waals surface area contributed by atoms with Crippen molar-refractivity contribution in [3.63, 3.8) is 0 Å². The second kappa shape index (κ2) is 7.09. The van der Waals surface area contributed by atoms with E-state index in [0.29, 0.717) is 22.5 Å². The monoisotopic (exact) mass is 352 g/mol. The van der Waals surface area contributed by atoms with Crippen LogP contribution in [0.1, 0.15) is 18.7 Å². The van der Waals surface area contributed by atoms with Crippen LogP contribution in [0.4, 0.5) is 11.5 Å². The molecule has 3 N–H and O–H groups in total. The topological polar surface area (TPSA) is 105 Å². The van der Waals surface area contributed by atoms with Crippen LogP contribution in [0.2, 0.25) is 0 Å². The lowest BCUT2D eigenvalue weighted by molar-refractivity contribution is 0.162. The van der Waals surface area contributed by atoms with Crippen LogP contribution in [0.5, 0.6) is 5.75 Å². The van der Waals surface area contributed by atoms with Crippen molar-refractivity contribution < 1.29 is 4.74 Å². The van der Waals surface area contributed by atoms with E-state index < -0.39 is 0 Å². The van der Waals surface area contributed by atoms with Gasteiger partial charge >= 0.3 is 0 Å². The first kappa shape index (κ1) is 16.5. The Bertz CT molecular complexity index is 964. The summed E-state index contributed by atoms with van der Waals surface area (Å²) >= 11 is 0. The third-order valence-corrected chi connectivity index (χ3v) is 4.33. The van der Waals surface area contributed by atoms with Crippen molar-refractivity contribution in [1.82, 2.24) is 25.5 Å². The minimum absolute atomic E-state index is 0.259. The molecule has 8 nitrogen and oxygen atoms in total. The number of aryl methyl sites for hydroxylation is 1. The fourth-order valence-corrected chi connectivity index (χ4v) is 3.07. The van der Waals surface area contributed by atoms with Gasteiger partial charge in [-0.05, 0) is 57.1 Å². The SMILES string of the molecule is Cc1nc(Nc2ccc(OC3CCNCC3)cc2)c2c(=O)[nH]ncc2n1. The number of aromatic nitrogens is 4. The number of fused-ring (bicyclic) bond motifs is 1. The van der Waals surface area contributed by atoms with Gasteiger partial charge in [-0.2, -0.15) is 5.10 Å². The standard InChI is InChI=1S/C18H20N6O2/c1-11-21-15-10-20-24-18(25)16(15)17(22-11)23-12-2-4-13(5-3-12)26-14-6-8-19-9-7-14/h2-5,10,14,19H,6-9H2,1H3,(H,24,25)(H,21,22,23). The van der Waals surface area contributed by atoms with Crippen LogP contribution in [0.3, 0.4) is 0 Å². The summed E-state index contributed by atoms with van der Waals surface area (Å²) in [6.07, 6.45) is 3.81. The molecule has 3 heterocycles. The first-order valence-electron chi connectivity index (χ1n) is 8.65. The summed E-state index contributed by atoms with van der Waals surface area (Å²) in [5, 5.41) is 13.1. The highest BCUT2D eigenvalue weighted by molar-refractivity contribution is 5.89. The quantitative estimate of drug-likeness (QED) is 0.658. The molecule has 1 aliphatic rings. The molecule has 1 fully saturated rings. The first-order valence-corrected chi connectivity index (χ1v) is 8.65. The molecule has 2 aromatic heterocycles. The number of nitrogens with zero attached hydrogens (tertiary/aromatic N) is 3. The van der Waals surface area contributed by atoms with Crippen molar-refractivity contribution in [3.05, 3.63) is 46.6 Å². The van der Waals surface area contributed by atoms with Gasteiger partial charge in [0.15, 0.2) is 0 Å². The number of benzene rings is 1. The van der Waals surface area contributed by atoms with Gasteiger partial charge in [0.1, 0.15) is 34.4 Å². The maximum Gasteiger partial charge on any atom is 0.277 e. The van der Waals surface area contributed by atoms with E-state index in [1.54, 1.807) is 6.92 Å². The number of nitrogens with one attached hydrogen (secondary N) is 3. The van der Waals surface area contributed by atoms with Crippen LogP contribution in [-0.4, -0.2) is 39.4 Å². The molecule has 134 valence electrons. The Kier molecular flexibility index (Phi) is 4.49. The third-order valence-electron chi connectivity index (χ3n) is 4.33. The van der Waals surface area contributed by atoms with Crippen molar-refractivity contribution in [2.24, 2.45) is 0 Å². The van der Waals surface area contributed by atoms with E-state index >= 15 is 0 Å². The van der Waals surface area contributed by atoms with Crippen LogP contribution in [0.15, 0.2) is 35.3 Å². The van der Waals surface area contributed by atoms with Crippen molar-refractivity contribution >= 4 is 22.4 Å². The number of ether oxygens (including phenoxy) is 1. The van der Waals surface area contributed by atoms with Gasteiger partial charge in [0.2, 0.25) is 0 Å². The normalized spacial score (nSPS) is 15.1. The number of rotatable bonds is 4.